The Morgan fingerprint density at radius 3 is 2.74 bits per heavy atom. The molecule has 5 aliphatic rings. The van der Waals surface area contributed by atoms with E-state index in [-0.39, 0.29) is 42.0 Å². The molecule has 10 heteroatoms. The summed E-state index contributed by atoms with van der Waals surface area (Å²) >= 11 is 0. The lowest BCUT2D eigenvalue weighted by Gasteiger charge is -2.39. The number of nitrogens with one attached hydrogen (secondary N) is 2. The highest BCUT2D eigenvalue weighted by Crippen LogP contribution is 2.55. The molecule has 0 aromatic heterocycles. The van der Waals surface area contributed by atoms with E-state index in [1.165, 1.54) is 7.11 Å². The minimum Gasteiger partial charge on any atom is -0.449 e. The molecular formula is C21H28N4O6. The van der Waals surface area contributed by atoms with Gasteiger partial charge < -0.3 is 35.8 Å². The number of Topliss-reactive ketones (excluding diaryl/α,β-unsaturated/α-hetero) is 2. The number of carbonyl (C=O) groups is 3. The molecular weight excluding hydrogens is 404 g/mol. The topological polar surface area (TPSA) is 153 Å². The van der Waals surface area contributed by atoms with Crippen LogP contribution in [0.15, 0.2) is 22.5 Å². The third-order valence-corrected chi connectivity index (χ3v) is 7.49. The molecule has 0 bridgehead atoms. The number of hydrogen-bond acceptors (Lipinski definition) is 9. The first-order valence-electron chi connectivity index (χ1n) is 10.8. The number of aliphatic hydroxyl groups is 1. The normalized spacial score (nSPS) is 38.8. The van der Waals surface area contributed by atoms with E-state index in [1.54, 1.807) is 6.92 Å². The molecule has 5 N–H and O–H groups in total. The molecule has 2 aliphatic carbocycles. The number of primary amides is 1. The number of ether oxygens (including phenoxy) is 2. The van der Waals surface area contributed by atoms with Gasteiger partial charge >= 0.3 is 6.09 Å². The summed E-state index contributed by atoms with van der Waals surface area (Å²) in [5, 5.41) is 16.9. The van der Waals surface area contributed by atoms with Gasteiger partial charge in [0.1, 0.15) is 6.61 Å². The smallest absolute Gasteiger partial charge is 0.404 e. The molecule has 5 rings (SSSR count). The maximum absolute atomic E-state index is 13.7. The van der Waals surface area contributed by atoms with E-state index >= 15 is 0 Å². The van der Waals surface area contributed by atoms with E-state index < -0.39 is 23.8 Å². The first kappa shape index (κ1) is 20.5. The number of ketones is 2. The summed E-state index contributed by atoms with van der Waals surface area (Å²) < 4.78 is 11.1. The standard InChI is InChI=1S/C21H28N4O6/c1-9-15(23-11-5-3-4-6-13(11)26)18(28)14-10(8-31-20(22)29)21(30-2)19-12(24-19)7-25(21)16(14)17(9)27/h10-13,19,23-24,26H,3-8H2,1-2H3,(H2,22,29)/t10-,11-,12+,13+,19+,21-/m1/s1. The molecule has 6 atom stereocenters. The van der Waals surface area contributed by atoms with Crippen molar-refractivity contribution in [1.82, 2.24) is 15.5 Å². The molecule has 1 amide bonds. The van der Waals surface area contributed by atoms with E-state index in [2.05, 4.69) is 10.6 Å². The monoisotopic (exact) mass is 432 g/mol. The SMILES string of the molecule is CO[C@@]12[C@H](COC(N)=O)C3=C(C(=O)C(C)=C(N[C@@H]4CCCC[C@@H]4O)C3=O)N1C[C@@H]1N[C@@H]12. The molecule has 0 radical (unpaired) electrons. The van der Waals surface area contributed by atoms with E-state index in [0.29, 0.717) is 29.8 Å². The molecule has 3 aliphatic heterocycles. The number of amides is 1. The van der Waals surface area contributed by atoms with Crippen LogP contribution in [0.25, 0.3) is 0 Å². The van der Waals surface area contributed by atoms with Crippen molar-refractivity contribution in [3.05, 3.63) is 22.5 Å². The molecule has 1 saturated carbocycles. The molecule has 10 nitrogen and oxygen atoms in total. The minimum absolute atomic E-state index is 0.0814. The van der Waals surface area contributed by atoms with Crippen molar-refractivity contribution < 1.29 is 29.0 Å². The summed E-state index contributed by atoms with van der Waals surface area (Å²) in [7, 11) is 1.54. The van der Waals surface area contributed by atoms with Gasteiger partial charge in [0.15, 0.2) is 5.72 Å². The van der Waals surface area contributed by atoms with Gasteiger partial charge in [-0.15, -0.1) is 0 Å². The van der Waals surface area contributed by atoms with Gasteiger partial charge in [0.25, 0.3) is 0 Å². The molecule has 0 aromatic carbocycles. The highest BCUT2D eigenvalue weighted by molar-refractivity contribution is 6.25. The van der Waals surface area contributed by atoms with Crippen molar-refractivity contribution in [1.29, 1.82) is 0 Å². The lowest BCUT2D eigenvalue weighted by atomic mass is 9.82. The van der Waals surface area contributed by atoms with Crippen LogP contribution in [0.1, 0.15) is 32.6 Å². The fourth-order valence-corrected chi connectivity index (χ4v) is 5.93. The maximum atomic E-state index is 13.7. The zero-order chi connectivity index (χ0) is 22.1. The Balaban J connectivity index is 1.53. The Labute approximate surface area is 179 Å². The molecule has 2 saturated heterocycles. The van der Waals surface area contributed by atoms with E-state index in [9.17, 15) is 19.5 Å². The van der Waals surface area contributed by atoms with Gasteiger partial charge in [-0.05, 0) is 19.8 Å². The predicted octanol–water partition coefficient (Wildman–Crippen LogP) is -0.717. The van der Waals surface area contributed by atoms with E-state index in [4.69, 9.17) is 15.2 Å². The number of fused-ring (bicyclic) bond motifs is 4. The predicted molar refractivity (Wildman–Crippen MR) is 107 cm³/mol. The van der Waals surface area contributed by atoms with Crippen molar-refractivity contribution in [3.63, 3.8) is 0 Å². The van der Waals surface area contributed by atoms with Crippen LogP contribution in [-0.4, -0.2) is 77.9 Å². The van der Waals surface area contributed by atoms with Crippen LogP contribution in [-0.2, 0) is 19.1 Å². The summed E-state index contributed by atoms with van der Waals surface area (Å²) in [6.45, 7) is 2.00. The molecule has 168 valence electrons. The van der Waals surface area contributed by atoms with Gasteiger partial charge in [0.05, 0.1) is 35.5 Å². The summed E-state index contributed by atoms with van der Waals surface area (Å²) in [5.41, 5.74) is 5.38. The van der Waals surface area contributed by atoms with Crippen LogP contribution in [0, 0.1) is 5.92 Å². The number of allylic oxidation sites excluding steroid dienone is 2. The molecule has 3 heterocycles. The largest absolute Gasteiger partial charge is 0.449 e. The number of hydrogen-bond donors (Lipinski definition) is 4. The van der Waals surface area contributed by atoms with Crippen molar-refractivity contribution in [3.8, 4) is 0 Å². The van der Waals surface area contributed by atoms with Crippen molar-refractivity contribution in [2.24, 2.45) is 11.7 Å². The molecule has 0 spiro atoms. The van der Waals surface area contributed by atoms with Crippen LogP contribution >= 0.6 is 0 Å². The number of methoxy groups -OCH3 is 1. The van der Waals surface area contributed by atoms with Crippen LogP contribution in [0.4, 0.5) is 4.79 Å². The van der Waals surface area contributed by atoms with Crippen LogP contribution in [0.2, 0.25) is 0 Å². The molecule has 31 heavy (non-hydrogen) atoms. The summed E-state index contributed by atoms with van der Waals surface area (Å²) in [4.78, 5) is 40.4. The average molecular weight is 432 g/mol. The lowest BCUT2D eigenvalue weighted by molar-refractivity contribution is -0.137. The molecule has 3 fully saturated rings. The van der Waals surface area contributed by atoms with Crippen molar-refractivity contribution in [2.45, 2.75) is 62.6 Å². The lowest BCUT2D eigenvalue weighted by Crippen LogP contribution is -2.55. The first-order valence-corrected chi connectivity index (χ1v) is 10.8. The molecule has 0 aromatic rings. The maximum Gasteiger partial charge on any atom is 0.404 e. The number of nitrogens with two attached hydrogens (primary N) is 1. The quantitative estimate of drug-likeness (QED) is 0.326. The zero-order valence-electron chi connectivity index (χ0n) is 17.6. The Hall–Kier alpha value is -2.43. The Bertz CT molecular complexity index is 929. The van der Waals surface area contributed by atoms with Gasteiger partial charge in [0, 0.05) is 30.8 Å². The Morgan fingerprint density at radius 2 is 2.06 bits per heavy atom. The third kappa shape index (κ3) is 2.78. The summed E-state index contributed by atoms with van der Waals surface area (Å²) in [5.74, 6) is -1.22. The van der Waals surface area contributed by atoms with Crippen LogP contribution < -0.4 is 16.4 Å². The number of aliphatic hydroxyl groups excluding tert-OH is 1. The highest BCUT2D eigenvalue weighted by Gasteiger charge is 2.72. The zero-order valence-corrected chi connectivity index (χ0v) is 17.6. The van der Waals surface area contributed by atoms with Gasteiger partial charge in [-0.2, -0.15) is 0 Å². The van der Waals surface area contributed by atoms with Gasteiger partial charge in [-0.1, -0.05) is 12.8 Å². The first-order chi connectivity index (χ1) is 14.8. The van der Waals surface area contributed by atoms with E-state index in [0.717, 1.165) is 19.3 Å². The number of carbonyl (C=O) groups excluding carboxylic acids is 3. The highest BCUT2D eigenvalue weighted by atomic mass is 16.6. The fraction of sp³-hybridized carbons (Fsp3) is 0.667. The van der Waals surface area contributed by atoms with E-state index in [1.807, 2.05) is 4.90 Å². The van der Waals surface area contributed by atoms with Gasteiger partial charge in [0.2, 0.25) is 11.6 Å². The van der Waals surface area contributed by atoms with Gasteiger partial charge in [-0.25, -0.2) is 4.79 Å². The van der Waals surface area contributed by atoms with Crippen molar-refractivity contribution in [2.75, 3.05) is 20.3 Å². The van der Waals surface area contributed by atoms with Crippen LogP contribution in [0.5, 0.6) is 0 Å². The van der Waals surface area contributed by atoms with Crippen LogP contribution in [0.3, 0.4) is 0 Å². The van der Waals surface area contributed by atoms with Gasteiger partial charge in [-0.3, -0.25) is 9.59 Å². The fourth-order valence-electron chi connectivity index (χ4n) is 5.93. The molecule has 0 unspecified atom stereocenters. The summed E-state index contributed by atoms with van der Waals surface area (Å²) in [6.07, 6.45) is 1.74. The number of piperazine rings is 1. The summed E-state index contributed by atoms with van der Waals surface area (Å²) in [6, 6.07) is -0.221. The number of nitrogens with zero attached hydrogens (tertiary/aromatic N) is 1. The third-order valence-electron chi connectivity index (χ3n) is 7.49. The second-order valence-corrected chi connectivity index (χ2v) is 9.02. The second kappa shape index (κ2) is 7.04. The Kier molecular flexibility index (Phi) is 4.65. The Morgan fingerprint density at radius 1 is 1.32 bits per heavy atom. The average Bonchev–Trinajstić information content (AvgIpc) is 3.35. The minimum atomic E-state index is -0.990. The number of rotatable bonds is 5. The van der Waals surface area contributed by atoms with Crippen molar-refractivity contribution >= 4 is 17.7 Å². The second-order valence-electron chi connectivity index (χ2n) is 9.02.